The van der Waals surface area contributed by atoms with E-state index in [1.54, 1.807) is 6.07 Å². The molecule has 4 rings (SSSR count). The third-order valence-corrected chi connectivity index (χ3v) is 5.54. The molecule has 166 valence electrons. The van der Waals surface area contributed by atoms with Crippen LogP contribution >= 0.6 is 0 Å². The first-order chi connectivity index (χ1) is 15.3. The van der Waals surface area contributed by atoms with Crippen molar-refractivity contribution >= 4 is 11.7 Å². The molecule has 2 atom stereocenters. The second kappa shape index (κ2) is 8.56. The molecule has 0 bridgehead atoms. The molecule has 1 aliphatic rings. The number of benzene rings is 2. The van der Waals surface area contributed by atoms with Gasteiger partial charge in [-0.05, 0) is 42.8 Å². The summed E-state index contributed by atoms with van der Waals surface area (Å²) in [4.78, 5) is 21.3. The van der Waals surface area contributed by atoms with E-state index in [0.717, 1.165) is 12.1 Å². The fraction of sp³-hybridized carbons (Fsp3) is 0.227. The van der Waals surface area contributed by atoms with Crippen LogP contribution in [0.15, 0.2) is 48.8 Å². The summed E-state index contributed by atoms with van der Waals surface area (Å²) < 4.78 is 41.5. The Morgan fingerprint density at radius 2 is 1.91 bits per heavy atom. The van der Waals surface area contributed by atoms with Crippen molar-refractivity contribution in [2.45, 2.75) is 18.0 Å². The normalized spacial score (nSPS) is 19.0. The van der Waals surface area contributed by atoms with Gasteiger partial charge in [-0.15, -0.1) is 0 Å². The topological polar surface area (TPSA) is 119 Å². The Kier molecular flexibility index (Phi) is 5.81. The maximum Gasteiger partial charge on any atom is 0.254 e. The smallest absolute Gasteiger partial charge is 0.254 e. The molecule has 10 heteroatoms. The highest BCUT2D eigenvalue weighted by Crippen LogP contribution is 2.37. The van der Waals surface area contributed by atoms with Gasteiger partial charge in [-0.25, -0.2) is 23.1 Å². The Morgan fingerprint density at radius 3 is 2.59 bits per heavy atom. The average molecular weight is 442 g/mol. The number of hydrogen-bond donors (Lipinski definition) is 4. The van der Waals surface area contributed by atoms with E-state index in [0.29, 0.717) is 36.7 Å². The van der Waals surface area contributed by atoms with E-state index in [4.69, 9.17) is 11.5 Å². The minimum absolute atomic E-state index is 0.0716. The van der Waals surface area contributed by atoms with E-state index in [1.807, 2.05) is 0 Å². The molecule has 1 aliphatic heterocycles. The SMILES string of the molecule is Nc1ncnc(C(NC(=O)c2ccc(F)cc2F)C2(N)CCNC2)c1-c1cccc(F)c1. The molecule has 32 heavy (non-hydrogen) atoms. The predicted molar refractivity (Wildman–Crippen MR) is 113 cm³/mol. The summed E-state index contributed by atoms with van der Waals surface area (Å²) in [5.41, 5.74) is 12.4. The third-order valence-electron chi connectivity index (χ3n) is 5.54. The largest absolute Gasteiger partial charge is 0.383 e. The fourth-order valence-corrected chi connectivity index (χ4v) is 3.92. The van der Waals surface area contributed by atoms with Crippen LogP contribution in [0.4, 0.5) is 19.0 Å². The first-order valence-corrected chi connectivity index (χ1v) is 9.90. The Balaban J connectivity index is 1.82. The van der Waals surface area contributed by atoms with E-state index >= 15 is 0 Å². The molecule has 2 aromatic carbocycles. The molecule has 2 heterocycles. The van der Waals surface area contributed by atoms with Gasteiger partial charge in [-0.2, -0.15) is 0 Å². The second-order valence-corrected chi connectivity index (χ2v) is 7.72. The zero-order chi connectivity index (χ0) is 22.9. The minimum atomic E-state index is -1.01. The lowest BCUT2D eigenvalue weighted by molar-refractivity contribution is 0.0910. The van der Waals surface area contributed by atoms with Gasteiger partial charge in [0, 0.05) is 18.2 Å². The van der Waals surface area contributed by atoms with Crippen molar-refractivity contribution in [2.24, 2.45) is 5.73 Å². The van der Waals surface area contributed by atoms with Gasteiger partial charge >= 0.3 is 0 Å². The van der Waals surface area contributed by atoms with Gasteiger partial charge in [0.1, 0.15) is 29.6 Å². The minimum Gasteiger partial charge on any atom is -0.383 e. The zero-order valence-electron chi connectivity index (χ0n) is 16.9. The molecule has 1 amide bonds. The van der Waals surface area contributed by atoms with Crippen molar-refractivity contribution in [2.75, 3.05) is 18.8 Å². The van der Waals surface area contributed by atoms with E-state index in [1.165, 1.54) is 24.5 Å². The molecule has 0 radical (unpaired) electrons. The van der Waals surface area contributed by atoms with Gasteiger partial charge in [0.05, 0.1) is 22.8 Å². The van der Waals surface area contributed by atoms with Crippen LogP contribution in [0.3, 0.4) is 0 Å². The quantitative estimate of drug-likeness (QED) is 0.482. The summed E-state index contributed by atoms with van der Waals surface area (Å²) in [6.07, 6.45) is 1.69. The highest BCUT2D eigenvalue weighted by molar-refractivity contribution is 5.95. The number of hydrogen-bond acceptors (Lipinski definition) is 6. The summed E-state index contributed by atoms with van der Waals surface area (Å²) in [7, 11) is 0. The summed E-state index contributed by atoms with van der Waals surface area (Å²) in [5, 5.41) is 5.88. The molecule has 2 unspecified atom stereocenters. The van der Waals surface area contributed by atoms with Crippen LogP contribution in [-0.2, 0) is 0 Å². The van der Waals surface area contributed by atoms with Crippen molar-refractivity contribution in [3.05, 3.63) is 77.5 Å². The van der Waals surface area contributed by atoms with Gasteiger partial charge in [0.15, 0.2) is 0 Å². The van der Waals surface area contributed by atoms with Crippen LogP contribution in [-0.4, -0.2) is 34.5 Å². The number of carbonyl (C=O) groups excluding carboxylic acids is 1. The number of carbonyl (C=O) groups is 1. The molecule has 1 fully saturated rings. The molecule has 0 spiro atoms. The van der Waals surface area contributed by atoms with E-state index in [-0.39, 0.29) is 17.1 Å². The van der Waals surface area contributed by atoms with Crippen LogP contribution in [0.25, 0.3) is 11.1 Å². The van der Waals surface area contributed by atoms with Gasteiger partial charge in [-0.1, -0.05) is 12.1 Å². The van der Waals surface area contributed by atoms with E-state index in [2.05, 4.69) is 20.6 Å². The summed E-state index contributed by atoms with van der Waals surface area (Å²) in [5.74, 6) is -3.03. The number of aromatic nitrogens is 2. The lowest BCUT2D eigenvalue weighted by Crippen LogP contribution is -2.54. The van der Waals surface area contributed by atoms with Gasteiger partial charge in [0.2, 0.25) is 0 Å². The van der Waals surface area contributed by atoms with Crippen LogP contribution in [0, 0.1) is 17.5 Å². The first kappa shape index (κ1) is 21.7. The number of nitrogens with zero attached hydrogens (tertiary/aromatic N) is 2. The summed E-state index contributed by atoms with van der Waals surface area (Å²) in [6, 6.07) is 7.43. The Morgan fingerprint density at radius 1 is 1.12 bits per heavy atom. The Hall–Kier alpha value is -3.50. The number of nitrogens with two attached hydrogens (primary N) is 2. The summed E-state index contributed by atoms with van der Waals surface area (Å²) >= 11 is 0. The van der Waals surface area contributed by atoms with Crippen molar-refractivity contribution < 1.29 is 18.0 Å². The maximum absolute atomic E-state index is 14.2. The molecular formula is C22H21F3N6O. The number of nitrogens with one attached hydrogen (secondary N) is 2. The predicted octanol–water partition coefficient (Wildman–Crippen LogP) is 2.31. The molecule has 1 aromatic heterocycles. The number of anilines is 1. The molecule has 0 aliphatic carbocycles. The Bertz CT molecular complexity index is 1170. The first-order valence-electron chi connectivity index (χ1n) is 9.90. The van der Waals surface area contributed by atoms with Crippen molar-refractivity contribution in [3.63, 3.8) is 0 Å². The Labute approximate surface area is 182 Å². The number of nitrogen functional groups attached to an aromatic ring is 1. The summed E-state index contributed by atoms with van der Waals surface area (Å²) in [6.45, 7) is 0.917. The lowest BCUT2D eigenvalue weighted by atomic mass is 9.84. The number of rotatable bonds is 5. The molecular weight excluding hydrogens is 421 g/mol. The molecule has 0 saturated carbocycles. The molecule has 1 saturated heterocycles. The molecule has 6 N–H and O–H groups in total. The average Bonchev–Trinajstić information content (AvgIpc) is 3.19. The van der Waals surface area contributed by atoms with Crippen LogP contribution in [0.1, 0.15) is 28.5 Å². The lowest BCUT2D eigenvalue weighted by Gasteiger charge is -2.34. The maximum atomic E-state index is 14.2. The van der Waals surface area contributed by atoms with Crippen molar-refractivity contribution in [3.8, 4) is 11.1 Å². The zero-order valence-corrected chi connectivity index (χ0v) is 16.9. The van der Waals surface area contributed by atoms with Crippen LogP contribution < -0.4 is 22.1 Å². The molecule has 7 nitrogen and oxygen atoms in total. The van der Waals surface area contributed by atoms with Gasteiger partial charge < -0.3 is 22.1 Å². The fourth-order valence-electron chi connectivity index (χ4n) is 3.92. The van der Waals surface area contributed by atoms with Crippen molar-refractivity contribution in [1.29, 1.82) is 0 Å². The van der Waals surface area contributed by atoms with E-state index in [9.17, 15) is 18.0 Å². The van der Waals surface area contributed by atoms with Crippen molar-refractivity contribution in [1.82, 2.24) is 20.6 Å². The third kappa shape index (κ3) is 4.14. The highest BCUT2D eigenvalue weighted by Gasteiger charge is 2.42. The van der Waals surface area contributed by atoms with Crippen LogP contribution in [0.2, 0.25) is 0 Å². The van der Waals surface area contributed by atoms with Gasteiger partial charge in [0.25, 0.3) is 5.91 Å². The number of halogens is 3. The highest BCUT2D eigenvalue weighted by atomic mass is 19.1. The second-order valence-electron chi connectivity index (χ2n) is 7.72. The van der Waals surface area contributed by atoms with E-state index < -0.39 is 34.9 Å². The number of amides is 1. The van der Waals surface area contributed by atoms with Gasteiger partial charge in [-0.3, -0.25) is 4.79 Å². The van der Waals surface area contributed by atoms with Crippen LogP contribution in [0.5, 0.6) is 0 Å². The molecule has 3 aromatic rings. The standard InChI is InChI=1S/C22H21F3N6O/c23-13-3-1-2-12(8-13)17-18(29-11-30-20(17)26)19(22(27)6-7-28-10-22)31-21(32)15-5-4-14(24)9-16(15)25/h1-5,8-9,11,19,28H,6-7,10,27H2,(H,31,32)(H2,26,29,30). The monoisotopic (exact) mass is 442 g/mol.